The number of fused-ring (bicyclic) bond motifs is 4. The molecular weight excluding hydrogens is 404 g/mol. The van der Waals surface area contributed by atoms with Crippen LogP contribution in [0.1, 0.15) is 34.2 Å². The summed E-state index contributed by atoms with van der Waals surface area (Å²) in [5, 5.41) is 12.1. The van der Waals surface area contributed by atoms with E-state index >= 15 is 0 Å². The number of aromatic nitrogens is 1. The molecule has 0 unspecified atom stereocenters. The smallest absolute Gasteiger partial charge is 0.216 e. The summed E-state index contributed by atoms with van der Waals surface area (Å²) in [5.74, 6) is 0. The second-order valence-corrected chi connectivity index (χ2v) is 9.19. The second-order valence-electron chi connectivity index (χ2n) is 9.19. The second kappa shape index (κ2) is 7.32. The maximum Gasteiger partial charge on any atom is 0.216 e. The molecular formula is C30H25N2O+. The summed E-state index contributed by atoms with van der Waals surface area (Å²) in [4.78, 5) is 0. The van der Waals surface area contributed by atoms with Gasteiger partial charge in [0.1, 0.15) is 18.2 Å². The fourth-order valence-electron chi connectivity index (χ4n) is 5.55. The molecule has 0 saturated carbocycles. The lowest BCUT2D eigenvalue weighted by molar-refractivity contribution is -0.660. The maximum atomic E-state index is 9.99. The minimum absolute atomic E-state index is 0.655. The van der Waals surface area contributed by atoms with Crippen LogP contribution in [0.4, 0.5) is 0 Å². The average Bonchev–Trinajstić information content (AvgIpc) is 3.44. The van der Waals surface area contributed by atoms with Gasteiger partial charge in [-0.2, -0.15) is 5.26 Å². The molecule has 3 nitrogen and oxygen atoms in total. The van der Waals surface area contributed by atoms with E-state index in [9.17, 15) is 5.26 Å². The molecule has 0 fully saturated rings. The minimum atomic E-state index is 0.655. The van der Waals surface area contributed by atoms with E-state index in [1.165, 1.54) is 28.7 Å². The fourth-order valence-corrected chi connectivity index (χ4v) is 5.55. The number of furan rings is 1. The summed E-state index contributed by atoms with van der Waals surface area (Å²) in [5.41, 5.74) is 11.9. The number of hydrogen-bond donors (Lipinski definition) is 0. The molecule has 0 saturated heterocycles. The Morgan fingerprint density at radius 3 is 2.45 bits per heavy atom. The standard InChI is InChI=1S/C30H25N2O/c1-18-10-12-24-25-13-11-21(17-31)28(22-15-19(2)23-8-6-7-20(23)16-22)30(25)33-29(24)27(18)26-9-4-5-14-32(26)3/h4-5,9-16H,6-8H2,1-3H3/q+1. The lowest BCUT2D eigenvalue weighted by Gasteiger charge is -2.11. The van der Waals surface area contributed by atoms with Gasteiger partial charge in [-0.25, -0.2) is 4.57 Å². The zero-order valence-corrected chi connectivity index (χ0v) is 19.2. The zero-order valence-electron chi connectivity index (χ0n) is 19.2. The number of pyridine rings is 1. The number of nitriles is 1. The summed E-state index contributed by atoms with van der Waals surface area (Å²) < 4.78 is 8.82. The number of rotatable bonds is 2. The molecule has 0 amide bonds. The van der Waals surface area contributed by atoms with Crippen LogP contribution >= 0.6 is 0 Å². The Hall–Kier alpha value is -3.90. The van der Waals surface area contributed by atoms with Crippen molar-refractivity contribution in [2.45, 2.75) is 33.1 Å². The third-order valence-electron chi connectivity index (χ3n) is 7.18. The van der Waals surface area contributed by atoms with E-state index < -0.39 is 0 Å². The molecule has 3 heteroatoms. The molecule has 0 aliphatic heterocycles. The molecule has 2 heterocycles. The van der Waals surface area contributed by atoms with Gasteiger partial charge in [0, 0.05) is 28.5 Å². The van der Waals surface area contributed by atoms with Crippen LogP contribution in [0, 0.1) is 25.2 Å². The predicted octanol–water partition coefficient (Wildman–Crippen LogP) is 6.72. The van der Waals surface area contributed by atoms with Crippen molar-refractivity contribution in [3.8, 4) is 28.5 Å². The quantitative estimate of drug-likeness (QED) is 0.292. The first kappa shape index (κ1) is 19.8. The highest BCUT2D eigenvalue weighted by molar-refractivity contribution is 6.14. The first-order valence-corrected chi connectivity index (χ1v) is 11.5. The van der Waals surface area contributed by atoms with Crippen LogP contribution in [-0.2, 0) is 19.9 Å². The van der Waals surface area contributed by atoms with Crippen molar-refractivity contribution in [1.29, 1.82) is 5.26 Å². The van der Waals surface area contributed by atoms with Crippen LogP contribution in [-0.4, -0.2) is 0 Å². The van der Waals surface area contributed by atoms with Gasteiger partial charge < -0.3 is 4.42 Å². The normalized spacial score (nSPS) is 12.9. The van der Waals surface area contributed by atoms with E-state index in [1.54, 1.807) is 0 Å². The Balaban J connectivity index is 1.72. The van der Waals surface area contributed by atoms with Gasteiger partial charge in [-0.3, -0.25) is 0 Å². The molecule has 6 rings (SSSR count). The topological polar surface area (TPSA) is 40.8 Å². The maximum absolute atomic E-state index is 9.99. The Kier molecular flexibility index (Phi) is 4.38. The van der Waals surface area contributed by atoms with Gasteiger partial charge in [-0.05, 0) is 79.1 Å². The van der Waals surface area contributed by atoms with Crippen molar-refractivity contribution in [1.82, 2.24) is 0 Å². The lowest BCUT2D eigenvalue weighted by Crippen LogP contribution is -2.30. The van der Waals surface area contributed by atoms with E-state index in [-0.39, 0.29) is 0 Å². The molecule has 0 atom stereocenters. The van der Waals surface area contributed by atoms with Gasteiger partial charge in [0.25, 0.3) is 0 Å². The minimum Gasteiger partial charge on any atom is -0.454 e. The number of benzene rings is 3. The van der Waals surface area contributed by atoms with Crippen LogP contribution < -0.4 is 4.57 Å². The van der Waals surface area contributed by atoms with Crippen LogP contribution in [0.15, 0.2) is 65.2 Å². The number of aryl methyl sites for hydroxylation is 4. The van der Waals surface area contributed by atoms with E-state index in [0.717, 1.165) is 57.2 Å². The fraction of sp³-hybridized carbons (Fsp3) is 0.200. The van der Waals surface area contributed by atoms with Crippen molar-refractivity contribution in [3.63, 3.8) is 0 Å². The van der Waals surface area contributed by atoms with E-state index in [1.807, 2.05) is 18.2 Å². The zero-order chi connectivity index (χ0) is 22.7. The largest absolute Gasteiger partial charge is 0.454 e. The molecule has 5 aromatic rings. The highest BCUT2D eigenvalue weighted by Gasteiger charge is 2.24. The highest BCUT2D eigenvalue weighted by atomic mass is 16.3. The van der Waals surface area contributed by atoms with Gasteiger partial charge in [0.05, 0.1) is 17.2 Å². The first-order valence-electron chi connectivity index (χ1n) is 11.5. The number of nitrogens with zero attached hydrogens (tertiary/aromatic N) is 2. The van der Waals surface area contributed by atoms with Crippen molar-refractivity contribution in [2.24, 2.45) is 7.05 Å². The summed E-state index contributed by atoms with van der Waals surface area (Å²) in [6.45, 7) is 4.32. The van der Waals surface area contributed by atoms with Crippen LogP contribution in [0.2, 0.25) is 0 Å². The average molecular weight is 430 g/mol. The molecule has 0 bridgehead atoms. The van der Waals surface area contributed by atoms with Gasteiger partial charge in [0.15, 0.2) is 6.20 Å². The van der Waals surface area contributed by atoms with Gasteiger partial charge in [-0.15, -0.1) is 0 Å². The highest BCUT2D eigenvalue weighted by Crippen LogP contribution is 2.43. The van der Waals surface area contributed by atoms with Crippen molar-refractivity contribution in [2.75, 3.05) is 0 Å². The molecule has 0 N–H and O–H groups in total. The third-order valence-corrected chi connectivity index (χ3v) is 7.18. The molecule has 3 aromatic carbocycles. The summed E-state index contributed by atoms with van der Waals surface area (Å²) in [6, 6.07) is 21.4. The van der Waals surface area contributed by atoms with E-state index in [0.29, 0.717) is 5.56 Å². The molecule has 1 aliphatic rings. The van der Waals surface area contributed by atoms with Crippen LogP contribution in [0.25, 0.3) is 44.3 Å². The van der Waals surface area contributed by atoms with Crippen LogP contribution in [0.5, 0.6) is 0 Å². The van der Waals surface area contributed by atoms with Crippen molar-refractivity contribution in [3.05, 3.63) is 88.6 Å². The third kappa shape index (κ3) is 2.91. The van der Waals surface area contributed by atoms with Gasteiger partial charge >= 0.3 is 0 Å². The van der Waals surface area contributed by atoms with Crippen molar-refractivity contribution < 1.29 is 8.98 Å². The molecule has 160 valence electrons. The SMILES string of the molecule is Cc1cc(-c2c(C#N)ccc3c2oc2c(-c4cccc[n+]4C)c(C)ccc23)cc2c1CCC2. The summed E-state index contributed by atoms with van der Waals surface area (Å²) in [7, 11) is 2.06. The Morgan fingerprint density at radius 1 is 0.879 bits per heavy atom. The van der Waals surface area contributed by atoms with Crippen LogP contribution in [0.3, 0.4) is 0 Å². The van der Waals surface area contributed by atoms with Gasteiger partial charge in [-0.1, -0.05) is 24.3 Å². The molecule has 33 heavy (non-hydrogen) atoms. The van der Waals surface area contributed by atoms with E-state index in [2.05, 4.69) is 74.1 Å². The van der Waals surface area contributed by atoms with Gasteiger partial charge in [0.2, 0.25) is 5.69 Å². The Bertz CT molecular complexity index is 1630. The molecule has 0 spiro atoms. The Labute approximate surface area is 193 Å². The lowest BCUT2D eigenvalue weighted by atomic mass is 9.92. The molecule has 0 radical (unpaired) electrons. The molecule has 2 aromatic heterocycles. The number of hydrogen-bond acceptors (Lipinski definition) is 2. The first-order chi connectivity index (χ1) is 16.1. The van der Waals surface area contributed by atoms with Crippen molar-refractivity contribution >= 4 is 21.9 Å². The summed E-state index contributed by atoms with van der Waals surface area (Å²) >= 11 is 0. The molecule has 1 aliphatic carbocycles. The monoisotopic (exact) mass is 429 g/mol. The van der Waals surface area contributed by atoms with E-state index in [4.69, 9.17) is 4.42 Å². The Morgan fingerprint density at radius 2 is 1.67 bits per heavy atom. The summed E-state index contributed by atoms with van der Waals surface area (Å²) in [6.07, 6.45) is 5.52. The predicted molar refractivity (Wildman–Crippen MR) is 132 cm³/mol.